The van der Waals surface area contributed by atoms with E-state index in [9.17, 15) is 0 Å². The van der Waals surface area contributed by atoms with Gasteiger partial charge in [-0.25, -0.2) is 0 Å². The first-order chi connectivity index (χ1) is 11.4. The van der Waals surface area contributed by atoms with E-state index in [2.05, 4.69) is 93.7 Å². The van der Waals surface area contributed by atoms with Gasteiger partial charge in [0.1, 0.15) is 0 Å². The van der Waals surface area contributed by atoms with Crippen molar-refractivity contribution in [1.29, 1.82) is 0 Å². The highest BCUT2D eigenvalue weighted by atomic mass is 127. The lowest BCUT2D eigenvalue weighted by atomic mass is 9.61. The number of benzene rings is 2. The first-order valence-corrected chi connectivity index (χ1v) is 10.7. The van der Waals surface area contributed by atoms with Gasteiger partial charge in [-0.05, 0) is 82.0 Å². The van der Waals surface area contributed by atoms with Crippen LogP contribution in [0.5, 0.6) is 0 Å². The van der Waals surface area contributed by atoms with Gasteiger partial charge >= 0.3 is 0 Å². The Balaban J connectivity index is 1.98. The zero-order chi connectivity index (χ0) is 17.1. The molecule has 2 aliphatic rings. The summed E-state index contributed by atoms with van der Waals surface area (Å²) in [5.41, 5.74) is 4.38. The Labute approximate surface area is 171 Å². The van der Waals surface area contributed by atoms with Crippen LogP contribution in [-0.2, 0) is 5.41 Å². The molecule has 0 amide bonds. The van der Waals surface area contributed by atoms with E-state index < -0.39 is 0 Å². The fraction of sp³-hybridized carbons (Fsp3) is 0.400. The van der Waals surface area contributed by atoms with Gasteiger partial charge in [-0.2, -0.15) is 0 Å². The van der Waals surface area contributed by atoms with Crippen molar-refractivity contribution in [3.05, 3.63) is 55.0 Å². The SMILES string of the molecule is CC12CCCCC1(C)N(c1cc(Br)c(Cl)c(I)c1)c1ccccc12. The molecule has 1 fully saturated rings. The quantitative estimate of drug-likeness (QED) is 0.281. The predicted molar refractivity (Wildman–Crippen MR) is 115 cm³/mol. The van der Waals surface area contributed by atoms with E-state index in [1.807, 2.05) is 0 Å². The van der Waals surface area contributed by atoms with E-state index in [1.54, 1.807) is 0 Å². The van der Waals surface area contributed by atoms with Crippen LogP contribution in [-0.4, -0.2) is 5.54 Å². The van der Waals surface area contributed by atoms with Crippen LogP contribution in [0.2, 0.25) is 5.02 Å². The summed E-state index contributed by atoms with van der Waals surface area (Å²) in [6.07, 6.45) is 5.08. The van der Waals surface area contributed by atoms with Crippen molar-refractivity contribution in [2.75, 3.05) is 4.90 Å². The van der Waals surface area contributed by atoms with E-state index in [-0.39, 0.29) is 11.0 Å². The summed E-state index contributed by atoms with van der Waals surface area (Å²) < 4.78 is 2.06. The average molecular weight is 517 g/mol. The van der Waals surface area contributed by atoms with Gasteiger partial charge < -0.3 is 4.90 Å². The highest BCUT2D eigenvalue weighted by molar-refractivity contribution is 14.1. The number of hydrogen-bond acceptors (Lipinski definition) is 1. The molecule has 2 aromatic rings. The third kappa shape index (κ3) is 2.23. The van der Waals surface area contributed by atoms with Crippen molar-refractivity contribution in [2.24, 2.45) is 0 Å². The molecule has 0 aromatic heterocycles. The molecule has 1 aliphatic heterocycles. The fourth-order valence-corrected chi connectivity index (χ4v) is 6.31. The van der Waals surface area contributed by atoms with Gasteiger partial charge in [-0.3, -0.25) is 0 Å². The van der Waals surface area contributed by atoms with Crippen LogP contribution in [0.25, 0.3) is 0 Å². The molecule has 1 nitrogen and oxygen atoms in total. The normalized spacial score (nSPS) is 28.6. The number of anilines is 2. The highest BCUT2D eigenvalue weighted by Gasteiger charge is 2.57. The minimum Gasteiger partial charge on any atom is -0.334 e. The molecule has 0 spiro atoms. The molecule has 1 saturated carbocycles. The maximum atomic E-state index is 6.38. The van der Waals surface area contributed by atoms with Crippen LogP contribution in [0.4, 0.5) is 11.4 Å². The largest absolute Gasteiger partial charge is 0.334 e. The number of hydrogen-bond donors (Lipinski definition) is 0. The number of nitrogens with zero attached hydrogens (tertiary/aromatic N) is 1. The first kappa shape index (κ1) is 17.2. The molecule has 4 rings (SSSR count). The summed E-state index contributed by atoms with van der Waals surface area (Å²) in [6.45, 7) is 4.91. The summed E-state index contributed by atoms with van der Waals surface area (Å²) >= 11 is 12.4. The van der Waals surface area contributed by atoms with Crippen LogP contribution in [0.15, 0.2) is 40.9 Å². The molecule has 0 bridgehead atoms. The molecule has 2 atom stereocenters. The van der Waals surface area contributed by atoms with Gasteiger partial charge in [-0.1, -0.05) is 49.6 Å². The molecule has 2 aromatic carbocycles. The Bertz CT molecular complexity index is 800. The predicted octanol–water partition coefficient (Wildman–Crippen LogP) is 7.45. The van der Waals surface area contributed by atoms with Crippen molar-refractivity contribution in [2.45, 2.75) is 50.5 Å². The molecule has 24 heavy (non-hydrogen) atoms. The summed E-state index contributed by atoms with van der Waals surface area (Å²) in [6, 6.07) is 13.3. The smallest absolute Gasteiger partial charge is 0.0683 e. The summed E-state index contributed by atoms with van der Waals surface area (Å²) in [5.74, 6) is 0. The van der Waals surface area contributed by atoms with Crippen LogP contribution in [0.3, 0.4) is 0 Å². The number of fused-ring (bicyclic) bond motifs is 3. The molecule has 0 radical (unpaired) electrons. The molecule has 1 heterocycles. The van der Waals surface area contributed by atoms with Crippen LogP contribution < -0.4 is 4.90 Å². The Morgan fingerprint density at radius 1 is 1.12 bits per heavy atom. The summed E-state index contributed by atoms with van der Waals surface area (Å²) in [4.78, 5) is 2.57. The summed E-state index contributed by atoms with van der Waals surface area (Å²) in [7, 11) is 0. The van der Waals surface area contributed by atoms with E-state index in [0.29, 0.717) is 0 Å². The standard InChI is InChI=1S/C20H20BrClIN/c1-19-9-5-6-10-20(19,2)24(17-8-4-3-7-14(17)19)13-11-15(21)18(22)16(23)12-13/h3-4,7-8,11-12H,5-6,9-10H2,1-2H3. The van der Waals surface area contributed by atoms with Crippen LogP contribution >= 0.6 is 50.1 Å². The maximum absolute atomic E-state index is 6.38. The van der Waals surface area contributed by atoms with Crippen LogP contribution in [0, 0.1) is 3.57 Å². The Hall–Kier alpha value is -0.260. The van der Waals surface area contributed by atoms with E-state index in [4.69, 9.17) is 11.6 Å². The lowest BCUT2D eigenvalue weighted by molar-refractivity contribution is 0.195. The topological polar surface area (TPSA) is 3.24 Å². The molecular formula is C20H20BrClIN. The molecule has 126 valence electrons. The van der Waals surface area contributed by atoms with Gasteiger partial charge in [0, 0.05) is 24.8 Å². The van der Waals surface area contributed by atoms with Gasteiger partial charge in [-0.15, -0.1) is 0 Å². The number of rotatable bonds is 1. The van der Waals surface area contributed by atoms with Crippen molar-refractivity contribution < 1.29 is 0 Å². The third-order valence-electron chi connectivity index (χ3n) is 6.24. The minimum absolute atomic E-state index is 0.102. The van der Waals surface area contributed by atoms with Gasteiger partial charge in [0.15, 0.2) is 0 Å². The zero-order valence-electron chi connectivity index (χ0n) is 13.9. The van der Waals surface area contributed by atoms with E-state index in [0.717, 1.165) is 13.1 Å². The second-order valence-corrected chi connectivity index (χ2v) is 9.78. The lowest BCUT2D eigenvalue weighted by Gasteiger charge is -2.50. The zero-order valence-corrected chi connectivity index (χ0v) is 18.4. The number of halogens is 3. The van der Waals surface area contributed by atoms with Crippen LogP contribution in [0.1, 0.15) is 45.1 Å². The highest BCUT2D eigenvalue weighted by Crippen LogP contribution is 2.60. The van der Waals surface area contributed by atoms with Gasteiger partial charge in [0.05, 0.1) is 10.6 Å². The average Bonchev–Trinajstić information content (AvgIpc) is 2.77. The van der Waals surface area contributed by atoms with Crippen molar-refractivity contribution >= 4 is 61.5 Å². The number of para-hydroxylation sites is 1. The molecule has 2 unspecified atom stereocenters. The molecule has 1 aliphatic carbocycles. The van der Waals surface area contributed by atoms with Gasteiger partial charge in [0.25, 0.3) is 0 Å². The maximum Gasteiger partial charge on any atom is 0.0683 e. The fourth-order valence-electron chi connectivity index (χ4n) is 4.77. The molecule has 4 heteroatoms. The second-order valence-electron chi connectivity index (χ2n) is 7.39. The van der Waals surface area contributed by atoms with E-state index in [1.165, 1.54) is 42.6 Å². The molecule has 0 saturated heterocycles. The Kier molecular flexibility index (Phi) is 4.21. The molecular weight excluding hydrogens is 496 g/mol. The third-order valence-corrected chi connectivity index (χ3v) is 8.67. The Morgan fingerprint density at radius 2 is 1.83 bits per heavy atom. The Morgan fingerprint density at radius 3 is 2.58 bits per heavy atom. The van der Waals surface area contributed by atoms with Crippen molar-refractivity contribution in [3.8, 4) is 0 Å². The van der Waals surface area contributed by atoms with E-state index >= 15 is 0 Å². The first-order valence-electron chi connectivity index (χ1n) is 8.43. The lowest BCUT2D eigenvalue weighted by Crippen LogP contribution is -2.54. The minimum atomic E-state index is 0.102. The van der Waals surface area contributed by atoms with Gasteiger partial charge in [0.2, 0.25) is 0 Å². The summed E-state index contributed by atoms with van der Waals surface area (Å²) in [5, 5.41) is 0.795. The van der Waals surface area contributed by atoms with Crippen molar-refractivity contribution in [3.63, 3.8) is 0 Å². The monoisotopic (exact) mass is 515 g/mol. The molecule has 0 N–H and O–H groups in total. The second kappa shape index (κ2) is 5.88. The van der Waals surface area contributed by atoms with Crippen molar-refractivity contribution in [1.82, 2.24) is 0 Å².